The number of carbonyl (C=O) groups excluding carboxylic acids is 1. The topological polar surface area (TPSA) is 104 Å². The van der Waals surface area contributed by atoms with Crippen LogP contribution in [0.2, 0.25) is 0 Å². The molecule has 3 rings (SSSR count). The molecule has 0 bridgehead atoms. The molecule has 1 aromatic carbocycles. The van der Waals surface area contributed by atoms with Gasteiger partial charge in [0.2, 0.25) is 6.29 Å². The number of carbonyl (C=O) groups is 1. The summed E-state index contributed by atoms with van der Waals surface area (Å²) in [7, 11) is 3.41. The van der Waals surface area contributed by atoms with Crippen LogP contribution in [0.15, 0.2) is 47.0 Å². The predicted molar refractivity (Wildman–Crippen MR) is 128 cm³/mol. The van der Waals surface area contributed by atoms with Crippen LogP contribution in [0.25, 0.3) is 5.69 Å². The van der Waals surface area contributed by atoms with Gasteiger partial charge in [0.05, 0.1) is 12.3 Å². The minimum absolute atomic E-state index is 0.0121. The Bertz CT molecular complexity index is 1040. The highest BCUT2D eigenvalue weighted by molar-refractivity contribution is 5.91. The molecule has 34 heavy (non-hydrogen) atoms. The van der Waals surface area contributed by atoms with Gasteiger partial charge in [-0.15, -0.1) is 0 Å². The minimum Gasteiger partial charge on any atom is -0.459 e. The Balaban J connectivity index is 2.11. The van der Waals surface area contributed by atoms with Crippen LogP contribution in [0, 0.1) is 12.8 Å². The third-order valence-electron chi connectivity index (χ3n) is 6.16. The zero-order valence-electron chi connectivity index (χ0n) is 20.3. The first kappa shape index (κ1) is 25.7. The first-order chi connectivity index (χ1) is 16.4. The molecule has 0 saturated heterocycles. The fraction of sp³-hybridized carbons (Fsp3) is 0.520. The highest BCUT2D eigenvalue weighted by Gasteiger charge is 2.40. The number of nitrogens with one attached hydrogen (secondary N) is 1. The summed E-state index contributed by atoms with van der Waals surface area (Å²) in [5, 5.41) is 12.3. The first-order valence-electron chi connectivity index (χ1n) is 11.7. The van der Waals surface area contributed by atoms with E-state index in [0.29, 0.717) is 38.2 Å². The molecule has 186 valence electrons. The molecule has 0 aliphatic carbocycles. The lowest BCUT2D eigenvalue weighted by atomic mass is 9.80. The number of hydrogen-bond donors (Lipinski definition) is 2. The molecule has 9 heteroatoms. The Morgan fingerprint density at radius 2 is 2.00 bits per heavy atom. The van der Waals surface area contributed by atoms with Gasteiger partial charge in [0, 0.05) is 57.0 Å². The fourth-order valence-corrected chi connectivity index (χ4v) is 4.43. The average Bonchev–Trinajstić information content (AvgIpc) is 3.06. The summed E-state index contributed by atoms with van der Waals surface area (Å²) in [4.78, 5) is 26.6. The van der Waals surface area contributed by atoms with Gasteiger partial charge >= 0.3 is 0 Å². The second kappa shape index (κ2) is 12.0. The average molecular weight is 474 g/mol. The van der Waals surface area contributed by atoms with E-state index in [1.54, 1.807) is 17.9 Å². The van der Waals surface area contributed by atoms with Gasteiger partial charge in [-0.05, 0) is 44.9 Å². The van der Waals surface area contributed by atoms with E-state index in [9.17, 15) is 14.7 Å². The van der Waals surface area contributed by atoms with Gasteiger partial charge in [-0.2, -0.15) is 0 Å². The van der Waals surface area contributed by atoms with E-state index in [4.69, 9.17) is 14.2 Å². The maximum atomic E-state index is 13.7. The second-order valence-corrected chi connectivity index (χ2v) is 8.25. The summed E-state index contributed by atoms with van der Waals surface area (Å²) in [6.45, 7) is 4.85. The zero-order valence-corrected chi connectivity index (χ0v) is 20.3. The van der Waals surface area contributed by atoms with E-state index < -0.39 is 12.2 Å². The van der Waals surface area contributed by atoms with E-state index in [1.165, 1.54) is 0 Å². The number of benzene rings is 1. The highest BCUT2D eigenvalue weighted by Crippen LogP contribution is 2.39. The number of hydrogen-bond acceptors (Lipinski definition) is 6. The smallest absolute Gasteiger partial charge is 0.286 e. The number of amides is 1. The SMILES string of the molecule is CCO[C@@H]1OC(C(=O)NCCOC)=C[C@H](c2c(C)n(C)n(-c3ccccc3)c2=O)[C@H]1CCCO. The molecule has 1 amide bonds. The van der Waals surface area contributed by atoms with Crippen molar-refractivity contribution in [1.29, 1.82) is 0 Å². The number of aliphatic hydroxyl groups excluding tert-OH is 1. The van der Waals surface area contributed by atoms with Crippen molar-refractivity contribution >= 4 is 5.91 Å². The molecular weight excluding hydrogens is 438 g/mol. The van der Waals surface area contributed by atoms with Gasteiger partial charge in [-0.1, -0.05) is 18.2 Å². The summed E-state index contributed by atoms with van der Waals surface area (Å²) in [6.07, 6.45) is 2.09. The monoisotopic (exact) mass is 473 g/mol. The Morgan fingerprint density at radius 1 is 1.26 bits per heavy atom. The molecule has 1 aliphatic rings. The van der Waals surface area contributed by atoms with Crippen molar-refractivity contribution in [3.8, 4) is 5.69 Å². The van der Waals surface area contributed by atoms with E-state index >= 15 is 0 Å². The van der Waals surface area contributed by atoms with Crippen molar-refractivity contribution < 1.29 is 24.1 Å². The van der Waals surface area contributed by atoms with Gasteiger partial charge in [-0.25, -0.2) is 4.68 Å². The molecule has 0 saturated carbocycles. The summed E-state index contributed by atoms with van der Waals surface area (Å²) in [5.74, 6) is -0.942. The molecule has 0 spiro atoms. The second-order valence-electron chi connectivity index (χ2n) is 8.25. The molecule has 1 aliphatic heterocycles. The van der Waals surface area contributed by atoms with Gasteiger partial charge in [-0.3, -0.25) is 14.3 Å². The van der Waals surface area contributed by atoms with E-state index in [0.717, 1.165) is 11.4 Å². The summed E-state index contributed by atoms with van der Waals surface area (Å²) in [6, 6.07) is 9.43. The minimum atomic E-state index is -0.723. The number of aliphatic hydroxyl groups is 1. The van der Waals surface area contributed by atoms with Crippen molar-refractivity contribution in [1.82, 2.24) is 14.7 Å². The quantitative estimate of drug-likeness (QED) is 0.484. The molecule has 2 heterocycles. The Labute approximate surface area is 199 Å². The lowest BCUT2D eigenvalue weighted by Crippen LogP contribution is -2.40. The van der Waals surface area contributed by atoms with E-state index in [1.807, 2.05) is 55.9 Å². The molecule has 1 aromatic heterocycles. The number of para-hydroxylation sites is 1. The van der Waals surface area contributed by atoms with Crippen molar-refractivity contribution in [2.45, 2.75) is 38.9 Å². The van der Waals surface area contributed by atoms with Crippen LogP contribution < -0.4 is 10.9 Å². The molecule has 0 fully saturated rings. The van der Waals surface area contributed by atoms with Crippen LogP contribution in [0.3, 0.4) is 0 Å². The molecule has 0 radical (unpaired) electrons. The summed E-state index contributed by atoms with van der Waals surface area (Å²) < 4.78 is 20.3. The zero-order chi connectivity index (χ0) is 24.7. The third-order valence-corrected chi connectivity index (χ3v) is 6.16. The number of allylic oxidation sites excluding steroid dienone is 1. The normalized spacial score (nSPS) is 20.0. The third kappa shape index (κ3) is 5.43. The van der Waals surface area contributed by atoms with E-state index in [-0.39, 0.29) is 29.8 Å². The lowest BCUT2D eigenvalue weighted by molar-refractivity contribution is -0.166. The van der Waals surface area contributed by atoms with Gasteiger partial charge in [0.25, 0.3) is 11.5 Å². The van der Waals surface area contributed by atoms with Crippen molar-refractivity contribution in [2.75, 3.05) is 33.5 Å². The fourth-order valence-electron chi connectivity index (χ4n) is 4.43. The highest BCUT2D eigenvalue weighted by atomic mass is 16.7. The standard InChI is InChI=1S/C25H35N3O6/c1-5-33-25-19(12-9-14-29)20(16-21(34-25)23(30)26-13-15-32-4)22-17(2)27(3)28(24(22)31)18-10-7-6-8-11-18/h6-8,10-11,16,19-20,25,29H,5,9,12-15H2,1-4H3,(H,26,30)/t19-,20+,25-/m1/s1. The largest absolute Gasteiger partial charge is 0.459 e. The molecule has 3 atom stereocenters. The number of rotatable bonds is 11. The van der Waals surface area contributed by atoms with Crippen LogP contribution in [0.5, 0.6) is 0 Å². The maximum absolute atomic E-state index is 13.7. The van der Waals surface area contributed by atoms with Crippen LogP contribution >= 0.6 is 0 Å². The number of nitrogens with zero attached hydrogens (tertiary/aromatic N) is 2. The predicted octanol–water partition coefficient (Wildman–Crippen LogP) is 2.00. The van der Waals surface area contributed by atoms with E-state index in [2.05, 4.69) is 5.32 Å². The first-order valence-corrected chi connectivity index (χ1v) is 11.7. The Kier molecular flexibility index (Phi) is 9.09. The van der Waals surface area contributed by atoms with Crippen molar-refractivity contribution in [3.05, 3.63) is 63.8 Å². The van der Waals surface area contributed by atoms with Gasteiger partial charge in [0.1, 0.15) is 0 Å². The Morgan fingerprint density at radius 3 is 2.65 bits per heavy atom. The van der Waals surface area contributed by atoms with Crippen molar-refractivity contribution in [2.24, 2.45) is 13.0 Å². The molecule has 9 nitrogen and oxygen atoms in total. The number of aromatic nitrogens is 2. The molecule has 2 aromatic rings. The summed E-state index contributed by atoms with van der Waals surface area (Å²) >= 11 is 0. The van der Waals surface area contributed by atoms with Crippen LogP contribution in [-0.4, -0.2) is 60.1 Å². The van der Waals surface area contributed by atoms with Crippen molar-refractivity contribution in [3.63, 3.8) is 0 Å². The lowest BCUT2D eigenvalue weighted by Gasteiger charge is -2.36. The van der Waals surface area contributed by atoms with Crippen LogP contribution in [0.1, 0.15) is 36.9 Å². The van der Waals surface area contributed by atoms with Gasteiger partial charge in [0.15, 0.2) is 5.76 Å². The molecular formula is C25H35N3O6. The summed E-state index contributed by atoms with van der Waals surface area (Å²) in [5.41, 5.74) is 1.98. The molecule has 0 unspecified atom stereocenters. The maximum Gasteiger partial charge on any atom is 0.286 e. The number of methoxy groups -OCH3 is 1. The van der Waals surface area contributed by atoms with Crippen LogP contribution in [0.4, 0.5) is 0 Å². The number of ether oxygens (including phenoxy) is 3. The van der Waals surface area contributed by atoms with Crippen LogP contribution in [-0.2, 0) is 26.1 Å². The Hall–Kier alpha value is -2.88. The van der Waals surface area contributed by atoms with Gasteiger partial charge < -0.3 is 24.6 Å². The molecule has 2 N–H and O–H groups in total.